The fourth-order valence-corrected chi connectivity index (χ4v) is 1.82. The minimum atomic E-state index is -4.60. The van der Waals surface area contributed by atoms with Gasteiger partial charge in [-0.1, -0.05) is 6.07 Å². The number of thiophene rings is 1. The predicted octanol–water partition coefficient (Wildman–Crippen LogP) is 2.90. The molecule has 0 spiro atoms. The third-order valence-electron chi connectivity index (χ3n) is 1.75. The van der Waals surface area contributed by atoms with E-state index in [4.69, 9.17) is 0 Å². The Kier molecular flexibility index (Phi) is 3.11. The SMILES string of the molecule is FC(F)(F)c1n[nH]c(=S)n1/N=C\c1cccs1. The van der Waals surface area contributed by atoms with E-state index in [1.54, 1.807) is 17.5 Å². The van der Waals surface area contributed by atoms with Gasteiger partial charge in [0.25, 0.3) is 5.82 Å². The second kappa shape index (κ2) is 4.41. The first-order valence-electron chi connectivity index (χ1n) is 4.31. The Morgan fingerprint density at radius 1 is 1.53 bits per heavy atom. The molecule has 2 rings (SSSR count). The average Bonchev–Trinajstić information content (AvgIpc) is 2.83. The lowest BCUT2D eigenvalue weighted by Crippen LogP contribution is -2.12. The molecule has 2 aromatic rings. The molecule has 9 heteroatoms. The van der Waals surface area contributed by atoms with Crippen LogP contribution >= 0.6 is 23.6 Å². The molecule has 0 radical (unpaired) electrons. The monoisotopic (exact) mass is 278 g/mol. The number of nitrogens with zero attached hydrogens (tertiary/aromatic N) is 3. The van der Waals surface area contributed by atoms with E-state index in [-0.39, 0.29) is 4.77 Å². The zero-order valence-corrected chi connectivity index (χ0v) is 9.73. The molecule has 0 bridgehead atoms. The number of aromatic amines is 1. The number of halogens is 3. The number of hydrogen-bond donors (Lipinski definition) is 1. The largest absolute Gasteiger partial charge is 0.453 e. The summed E-state index contributed by atoms with van der Waals surface area (Å²) in [4.78, 5) is 0.723. The molecule has 0 aliphatic carbocycles. The highest BCUT2D eigenvalue weighted by atomic mass is 32.1. The summed E-state index contributed by atoms with van der Waals surface area (Å²) in [5, 5.41) is 10.6. The summed E-state index contributed by atoms with van der Waals surface area (Å²) in [6, 6.07) is 3.50. The van der Waals surface area contributed by atoms with Crippen LogP contribution in [0.3, 0.4) is 0 Å². The Bertz CT molecular complexity index is 579. The van der Waals surface area contributed by atoms with E-state index in [9.17, 15) is 13.2 Å². The molecular weight excluding hydrogens is 273 g/mol. The van der Waals surface area contributed by atoms with E-state index >= 15 is 0 Å². The summed E-state index contributed by atoms with van der Waals surface area (Å²) < 4.78 is 37.9. The molecule has 0 aliphatic rings. The molecule has 0 atom stereocenters. The molecule has 0 aromatic carbocycles. The van der Waals surface area contributed by atoms with Gasteiger partial charge in [-0.15, -0.1) is 16.4 Å². The molecule has 0 saturated carbocycles. The van der Waals surface area contributed by atoms with Crippen LogP contribution < -0.4 is 0 Å². The Balaban J connectivity index is 2.39. The summed E-state index contributed by atoms with van der Waals surface area (Å²) in [7, 11) is 0. The summed E-state index contributed by atoms with van der Waals surface area (Å²) in [6.45, 7) is 0. The first kappa shape index (κ1) is 12.0. The van der Waals surface area contributed by atoms with E-state index in [1.807, 2.05) is 0 Å². The zero-order chi connectivity index (χ0) is 12.5. The van der Waals surface area contributed by atoms with Crippen molar-refractivity contribution in [3.63, 3.8) is 0 Å². The highest BCUT2D eigenvalue weighted by Crippen LogP contribution is 2.27. The summed E-state index contributed by atoms with van der Waals surface area (Å²) in [6.07, 6.45) is -3.30. The topological polar surface area (TPSA) is 46.0 Å². The van der Waals surface area contributed by atoms with Gasteiger partial charge in [0.05, 0.1) is 6.21 Å². The smallest absolute Gasteiger partial charge is 0.250 e. The van der Waals surface area contributed by atoms with Crippen molar-refractivity contribution >= 4 is 29.8 Å². The average molecular weight is 278 g/mol. The van der Waals surface area contributed by atoms with Gasteiger partial charge in [-0.25, -0.2) is 5.10 Å². The van der Waals surface area contributed by atoms with Crippen LogP contribution in [0, 0.1) is 4.77 Å². The van der Waals surface area contributed by atoms with E-state index in [1.165, 1.54) is 17.6 Å². The maximum Gasteiger partial charge on any atom is 0.453 e. The van der Waals surface area contributed by atoms with Gasteiger partial charge in [0, 0.05) is 4.88 Å². The van der Waals surface area contributed by atoms with Crippen molar-refractivity contribution < 1.29 is 13.2 Å². The van der Waals surface area contributed by atoms with Crippen molar-refractivity contribution in [1.29, 1.82) is 0 Å². The molecule has 0 fully saturated rings. The molecular formula is C8H5F3N4S2. The number of hydrogen-bond acceptors (Lipinski definition) is 4. The number of rotatable bonds is 2. The second-order valence-corrected chi connectivity index (χ2v) is 4.29. The van der Waals surface area contributed by atoms with Crippen molar-refractivity contribution in [2.45, 2.75) is 6.18 Å². The maximum absolute atomic E-state index is 12.5. The van der Waals surface area contributed by atoms with Crippen molar-refractivity contribution in [3.8, 4) is 0 Å². The van der Waals surface area contributed by atoms with Crippen molar-refractivity contribution in [3.05, 3.63) is 33.0 Å². The lowest BCUT2D eigenvalue weighted by Gasteiger charge is -2.03. The molecule has 17 heavy (non-hydrogen) atoms. The van der Waals surface area contributed by atoms with Crippen LogP contribution in [0.4, 0.5) is 13.2 Å². The van der Waals surface area contributed by atoms with Crippen LogP contribution in [0.2, 0.25) is 0 Å². The van der Waals surface area contributed by atoms with Crippen LogP contribution in [-0.4, -0.2) is 21.1 Å². The number of aromatic nitrogens is 3. The quantitative estimate of drug-likeness (QED) is 0.678. The first-order valence-corrected chi connectivity index (χ1v) is 5.60. The van der Waals surface area contributed by atoms with Gasteiger partial charge >= 0.3 is 6.18 Å². The van der Waals surface area contributed by atoms with E-state index in [0.29, 0.717) is 4.68 Å². The number of H-pyrrole nitrogens is 1. The van der Waals surface area contributed by atoms with Crippen molar-refractivity contribution in [1.82, 2.24) is 14.9 Å². The van der Waals surface area contributed by atoms with Gasteiger partial charge in [0.1, 0.15) is 0 Å². The molecule has 4 nitrogen and oxygen atoms in total. The molecule has 90 valence electrons. The highest BCUT2D eigenvalue weighted by Gasteiger charge is 2.37. The number of alkyl halides is 3. The minimum absolute atomic E-state index is 0.204. The third kappa shape index (κ3) is 2.61. The summed E-state index contributed by atoms with van der Waals surface area (Å²) in [5.74, 6) is -1.17. The Labute approximate surface area is 102 Å². The molecule has 2 aromatic heterocycles. The lowest BCUT2D eigenvalue weighted by atomic mass is 10.5. The zero-order valence-electron chi connectivity index (χ0n) is 8.10. The summed E-state index contributed by atoms with van der Waals surface area (Å²) >= 11 is 6.03. The molecule has 0 saturated heterocycles. The standard InChI is InChI=1S/C8H5F3N4S2/c9-8(10,11)6-13-14-7(16)15(6)12-4-5-2-1-3-17-5/h1-4H,(H,14,16)/b12-4-. The summed E-state index contributed by atoms with van der Waals surface area (Å²) in [5.41, 5.74) is 0. The van der Waals surface area contributed by atoms with Crippen molar-refractivity contribution in [2.75, 3.05) is 0 Å². The van der Waals surface area contributed by atoms with Crippen LogP contribution in [0.15, 0.2) is 22.6 Å². The van der Waals surface area contributed by atoms with Crippen LogP contribution in [0.25, 0.3) is 0 Å². The lowest BCUT2D eigenvalue weighted by molar-refractivity contribution is -0.147. The highest BCUT2D eigenvalue weighted by molar-refractivity contribution is 7.71. The molecule has 2 heterocycles. The predicted molar refractivity (Wildman–Crippen MR) is 59.7 cm³/mol. The van der Waals surface area contributed by atoms with Crippen LogP contribution in [-0.2, 0) is 6.18 Å². The molecule has 0 aliphatic heterocycles. The number of nitrogens with one attached hydrogen (secondary N) is 1. The molecule has 0 amide bonds. The molecule has 1 N–H and O–H groups in total. The van der Waals surface area contributed by atoms with Gasteiger partial charge in [0.2, 0.25) is 4.77 Å². The van der Waals surface area contributed by atoms with E-state index in [0.717, 1.165) is 4.88 Å². The van der Waals surface area contributed by atoms with Crippen LogP contribution in [0.5, 0.6) is 0 Å². The van der Waals surface area contributed by atoms with Gasteiger partial charge in [-0.2, -0.15) is 22.9 Å². The molecule has 0 unspecified atom stereocenters. The Morgan fingerprint density at radius 2 is 2.29 bits per heavy atom. The first-order chi connectivity index (χ1) is 7.98. The Hall–Kier alpha value is -1.48. The Morgan fingerprint density at radius 3 is 2.88 bits per heavy atom. The third-order valence-corrected chi connectivity index (χ3v) is 2.82. The van der Waals surface area contributed by atoms with Crippen molar-refractivity contribution in [2.24, 2.45) is 5.10 Å². The van der Waals surface area contributed by atoms with Crippen LogP contribution in [0.1, 0.15) is 10.7 Å². The fraction of sp³-hybridized carbons (Fsp3) is 0.125. The normalized spacial score (nSPS) is 12.4. The van der Waals surface area contributed by atoms with Gasteiger partial charge < -0.3 is 0 Å². The maximum atomic E-state index is 12.5. The second-order valence-electron chi connectivity index (χ2n) is 2.92. The van der Waals surface area contributed by atoms with Gasteiger partial charge in [-0.3, -0.25) is 0 Å². The fourth-order valence-electron chi connectivity index (χ4n) is 1.06. The van der Waals surface area contributed by atoms with E-state index < -0.39 is 12.0 Å². The van der Waals surface area contributed by atoms with Gasteiger partial charge in [0.15, 0.2) is 0 Å². The van der Waals surface area contributed by atoms with E-state index in [2.05, 4.69) is 27.5 Å². The minimum Gasteiger partial charge on any atom is -0.250 e. The van der Waals surface area contributed by atoms with Gasteiger partial charge in [-0.05, 0) is 23.7 Å².